The van der Waals surface area contributed by atoms with Gasteiger partial charge >= 0.3 is 0 Å². The number of rotatable bonds is 2. The monoisotopic (exact) mass is 300 g/mol. The number of nitrogens with zero attached hydrogens (tertiary/aromatic N) is 3. The molecule has 0 aliphatic carbocycles. The second-order valence-electron chi connectivity index (χ2n) is 5.08. The van der Waals surface area contributed by atoms with Gasteiger partial charge in [0.25, 0.3) is 11.5 Å². The van der Waals surface area contributed by atoms with Crippen LogP contribution in [0.2, 0.25) is 0 Å². The van der Waals surface area contributed by atoms with Gasteiger partial charge in [-0.3, -0.25) is 14.6 Å². The van der Waals surface area contributed by atoms with Crippen LogP contribution < -0.4 is 5.56 Å². The average Bonchev–Trinajstić information content (AvgIpc) is 2.54. The molecule has 7 nitrogen and oxygen atoms in total. The van der Waals surface area contributed by atoms with Crippen LogP contribution >= 0.6 is 0 Å². The Morgan fingerprint density at radius 3 is 3.05 bits per heavy atom. The van der Waals surface area contributed by atoms with Crippen molar-refractivity contribution in [1.82, 2.24) is 19.9 Å². The van der Waals surface area contributed by atoms with E-state index in [4.69, 9.17) is 4.74 Å². The zero-order valence-corrected chi connectivity index (χ0v) is 12.2. The number of aromatic amines is 1. The number of ether oxygens (including phenoxy) is 1. The quantitative estimate of drug-likeness (QED) is 0.881. The van der Waals surface area contributed by atoms with Crippen molar-refractivity contribution >= 4 is 5.91 Å². The fourth-order valence-corrected chi connectivity index (χ4v) is 2.43. The number of carbonyl (C=O) groups is 1. The highest BCUT2D eigenvalue weighted by Gasteiger charge is 2.27. The van der Waals surface area contributed by atoms with Gasteiger partial charge in [0.1, 0.15) is 17.6 Å². The molecule has 1 N–H and O–H groups in total. The van der Waals surface area contributed by atoms with Crippen LogP contribution in [0.1, 0.15) is 28.1 Å². The van der Waals surface area contributed by atoms with Gasteiger partial charge in [-0.1, -0.05) is 6.07 Å². The number of aromatic nitrogens is 3. The van der Waals surface area contributed by atoms with Gasteiger partial charge in [-0.2, -0.15) is 0 Å². The van der Waals surface area contributed by atoms with Crippen molar-refractivity contribution in [1.29, 1.82) is 0 Å². The Hall–Kier alpha value is -2.54. The van der Waals surface area contributed by atoms with Crippen molar-refractivity contribution < 1.29 is 9.53 Å². The van der Waals surface area contributed by atoms with E-state index >= 15 is 0 Å². The summed E-state index contributed by atoms with van der Waals surface area (Å²) in [6.45, 7) is 2.96. The third-order valence-electron chi connectivity index (χ3n) is 3.45. The minimum atomic E-state index is -0.401. The Kier molecular flexibility index (Phi) is 3.97. The van der Waals surface area contributed by atoms with Gasteiger partial charge < -0.3 is 14.6 Å². The molecule has 0 aromatic carbocycles. The lowest BCUT2D eigenvalue weighted by Gasteiger charge is -2.32. The van der Waals surface area contributed by atoms with Gasteiger partial charge in [0.2, 0.25) is 0 Å². The molecule has 1 aliphatic rings. The Bertz CT molecular complexity index is 729. The Balaban J connectivity index is 1.79. The molecule has 7 heteroatoms. The van der Waals surface area contributed by atoms with Gasteiger partial charge in [0, 0.05) is 18.8 Å². The fourth-order valence-electron chi connectivity index (χ4n) is 2.43. The molecule has 1 atom stereocenters. The highest BCUT2D eigenvalue weighted by molar-refractivity contribution is 5.92. The number of hydrogen-bond donors (Lipinski definition) is 1. The number of pyridine rings is 1. The maximum Gasteiger partial charge on any atom is 0.272 e. The molecule has 2 aromatic rings. The van der Waals surface area contributed by atoms with Crippen LogP contribution in [0.15, 0.2) is 35.3 Å². The fraction of sp³-hybridized carbons (Fsp3) is 0.333. The van der Waals surface area contributed by atoms with Gasteiger partial charge in [0.05, 0.1) is 18.8 Å². The Morgan fingerprint density at radius 1 is 1.45 bits per heavy atom. The first-order valence-electron chi connectivity index (χ1n) is 7.03. The lowest BCUT2D eigenvalue weighted by atomic mass is 10.2. The van der Waals surface area contributed by atoms with Gasteiger partial charge in [-0.25, -0.2) is 4.98 Å². The summed E-state index contributed by atoms with van der Waals surface area (Å²) < 4.78 is 5.66. The van der Waals surface area contributed by atoms with Crippen molar-refractivity contribution in [2.45, 2.75) is 13.0 Å². The van der Waals surface area contributed by atoms with E-state index in [1.165, 1.54) is 6.07 Å². The molecule has 0 unspecified atom stereocenters. The van der Waals surface area contributed by atoms with E-state index in [9.17, 15) is 9.59 Å². The summed E-state index contributed by atoms with van der Waals surface area (Å²) >= 11 is 0. The highest BCUT2D eigenvalue weighted by atomic mass is 16.5. The van der Waals surface area contributed by atoms with Crippen molar-refractivity contribution in [2.24, 2.45) is 0 Å². The van der Waals surface area contributed by atoms with Gasteiger partial charge in [0.15, 0.2) is 0 Å². The number of H-pyrrole nitrogens is 1. The summed E-state index contributed by atoms with van der Waals surface area (Å²) in [5.41, 5.74) is 0.720. The first-order valence-corrected chi connectivity index (χ1v) is 7.03. The van der Waals surface area contributed by atoms with Crippen LogP contribution in [-0.2, 0) is 4.74 Å². The summed E-state index contributed by atoms with van der Waals surface area (Å²) in [6, 6.07) is 6.64. The minimum Gasteiger partial charge on any atom is -0.368 e. The summed E-state index contributed by atoms with van der Waals surface area (Å²) in [7, 11) is 0. The van der Waals surface area contributed by atoms with E-state index < -0.39 is 6.10 Å². The molecule has 2 aromatic heterocycles. The third-order valence-corrected chi connectivity index (χ3v) is 3.45. The molecule has 0 radical (unpaired) electrons. The SMILES string of the molecule is Cc1nc([C@H]2CN(C(=O)c3ccccn3)CCO2)cc(=O)[nH]1. The number of nitrogens with one attached hydrogen (secondary N) is 1. The van der Waals surface area contributed by atoms with Crippen LogP contribution in [0.25, 0.3) is 0 Å². The van der Waals surface area contributed by atoms with Crippen LogP contribution in [0.5, 0.6) is 0 Å². The lowest BCUT2D eigenvalue weighted by Crippen LogP contribution is -2.43. The predicted octanol–water partition coefficient (Wildman–Crippen LogP) is 0.687. The van der Waals surface area contributed by atoms with E-state index in [0.29, 0.717) is 36.9 Å². The summed E-state index contributed by atoms with van der Waals surface area (Å²) in [5.74, 6) is 0.384. The largest absolute Gasteiger partial charge is 0.368 e. The second-order valence-corrected chi connectivity index (χ2v) is 5.08. The maximum absolute atomic E-state index is 12.4. The second kappa shape index (κ2) is 6.07. The first-order chi connectivity index (χ1) is 10.6. The normalized spacial score (nSPS) is 18.2. The highest BCUT2D eigenvalue weighted by Crippen LogP contribution is 2.20. The zero-order valence-electron chi connectivity index (χ0n) is 12.2. The molecule has 0 spiro atoms. The molecule has 114 valence electrons. The smallest absolute Gasteiger partial charge is 0.272 e. The summed E-state index contributed by atoms with van der Waals surface area (Å²) in [4.78, 5) is 36.6. The molecule has 22 heavy (non-hydrogen) atoms. The minimum absolute atomic E-state index is 0.143. The molecule has 0 bridgehead atoms. The van der Waals surface area contributed by atoms with Crippen LogP contribution in [0.3, 0.4) is 0 Å². The number of hydrogen-bond acceptors (Lipinski definition) is 5. The maximum atomic E-state index is 12.4. The lowest BCUT2D eigenvalue weighted by molar-refractivity contribution is -0.0250. The van der Waals surface area contributed by atoms with Gasteiger partial charge in [-0.05, 0) is 19.1 Å². The molecule has 1 fully saturated rings. The topological polar surface area (TPSA) is 88.2 Å². The molecule has 3 heterocycles. The van der Waals surface area contributed by atoms with E-state index in [0.717, 1.165) is 0 Å². The number of morpholine rings is 1. The van der Waals surface area contributed by atoms with Gasteiger partial charge in [-0.15, -0.1) is 0 Å². The first kappa shape index (κ1) is 14.4. The number of carbonyl (C=O) groups excluding carboxylic acids is 1. The van der Waals surface area contributed by atoms with Crippen LogP contribution in [0.4, 0.5) is 0 Å². The van der Waals surface area contributed by atoms with Crippen molar-refractivity contribution in [2.75, 3.05) is 19.7 Å². The third kappa shape index (κ3) is 3.04. The molecule has 1 amide bonds. The molecular formula is C15H16N4O3. The molecule has 0 saturated carbocycles. The standard InChI is InChI=1S/C15H16N4O3/c1-10-17-12(8-14(20)18-10)13-9-19(6-7-22-13)15(21)11-4-2-3-5-16-11/h2-5,8,13H,6-7,9H2,1H3,(H,17,18,20)/t13-/m1/s1. The van der Waals surface area contributed by atoms with Crippen LogP contribution in [0, 0.1) is 6.92 Å². The number of amides is 1. The predicted molar refractivity (Wildman–Crippen MR) is 78.4 cm³/mol. The Morgan fingerprint density at radius 2 is 2.32 bits per heavy atom. The van der Waals surface area contributed by atoms with E-state index in [-0.39, 0.29) is 11.5 Å². The van der Waals surface area contributed by atoms with E-state index in [1.54, 1.807) is 36.2 Å². The summed E-state index contributed by atoms with van der Waals surface area (Å²) in [6.07, 6.45) is 1.19. The van der Waals surface area contributed by atoms with Crippen LogP contribution in [-0.4, -0.2) is 45.5 Å². The molecule has 1 aliphatic heterocycles. The Labute approximate surface area is 127 Å². The van der Waals surface area contributed by atoms with E-state index in [2.05, 4.69) is 15.0 Å². The van der Waals surface area contributed by atoms with Crippen molar-refractivity contribution in [3.8, 4) is 0 Å². The van der Waals surface area contributed by atoms with Crippen molar-refractivity contribution in [3.05, 3.63) is 58.0 Å². The number of aryl methyl sites for hydroxylation is 1. The molecular weight excluding hydrogens is 284 g/mol. The zero-order chi connectivity index (χ0) is 15.5. The van der Waals surface area contributed by atoms with Crippen molar-refractivity contribution in [3.63, 3.8) is 0 Å². The van der Waals surface area contributed by atoms with E-state index in [1.807, 2.05) is 0 Å². The average molecular weight is 300 g/mol. The summed E-state index contributed by atoms with van der Waals surface area (Å²) in [5, 5.41) is 0. The molecule has 1 saturated heterocycles. The molecule has 3 rings (SSSR count).